The van der Waals surface area contributed by atoms with E-state index in [4.69, 9.17) is 27.9 Å². The summed E-state index contributed by atoms with van der Waals surface area (Å²) in [4.78, 5) is 21.3. The highest BCUT2D eigenvalue weighted by molar-refractivity contribution is 6.31. The minimum atomic E-state index is -0.504. The zero-order valence-electron chi connectivity index (χ0n) is 15.5. The van der Waals surface area contributed by atoms with E-state index in [2.05, 4.69) is 20.4 Å². The van der Waals surface area contributed by atoms with E-state index in [1.165, 1.54) is 4.52 Å². The molecule has 1 amide bonds. The molecule has 0 aliphatic carbocycles. The number of nitrogens with zero attached hydrogens (tertiary/aromatic N) is 4. The summed E-state index contributed by atoms with van der Waals surface area (Å²) in [6.07, 6.45) is 0. The van der Waals surface area contributed by atoms with Gasteiger partial charge in [-0.1, -0.05) is 23.2 Å². The first-order chi connectivity index (χ1) is 13.9. The van der Waals surface area contributed by atoms with Gasteiger partial charge in [-0.05, 0) is 62.4 Å². The zero-order chi connectivity index (χ0) is 20.5. The van der Waals surface area contributed by atoms with Crippen LogP contribution >= 0.6 is 23.2 Å². The molecule has 2 aromatic heterocycles. The Morgan fingerprint density at radius 1 is 1.00 bits per heavy atom. The summed E-state index contributed by atoms with van der Waals surface area (Å²) < 4.78 is 7.38. The Balaban J connectivity index is 1.63. The van der Waals surface area contributed by atoms with Crippen molar-refractivity contribution in [2.75, 3.05) is 5.32 Å². The number of aromatic nitrogens is 4. The van der Waals surface area contributed by atoms with E-state index in [-0.39, 0.29) is 5.82 Å². The lowest BCUT2D eigenvalue weighted by atomic mass is 10.2. The predicted octanol–water partition coefficient (Wildman–Crippen LogP) is 5.09. The number of nitrogens with one attached hydrogen (secondary N) is 1. The van der Waals surface area contributed by atoms with Gasteiger partial charge >= 0.3 is 0 Å². The van der Waals surface area contributed by atoms with Crippen molar-refractivity contribution in [1.29, 1.82) is 0 Å². The van der Waals surface area contributed by atoms with Crippen molar-refractivity contribution in [2.45, 2.75) is 13.8 Å². The molecule has 4 rings (SSSR count). The number of carbonyl (C=O) groups is 1. The van der Waals surface area contributed by atoms with Gasteiger partial charge < -0.3 is 10.1 Å². The fourth-order valence-electron chi connectivity index (χ4n) is 2.76. The van der Waals surface area contributed by atoms with Crippen LogP contribution in [0, 0.1) is 13.8 Å². The highest BCUT2D eigenvalue weighted by Crippen LogP contribution is 2.32. The molecule has 1 N–H and O–H groups in total. The number of aryl methyl sites for hydroxylation is 2. The van der Waals surface area contributed by atoms with E-state index in [0.29, 0.717) is 33.0 Å². The van der Waals surface area contributed by atoms with Crippen LogP contribution in [-0.4, -0.2) is 25.5 Å². The summed E-state index contributed by atoms with van der Waals surface area (Å²) in [5.74, 6) is 0.822. The predicted molar refractivity (Wildman–Crippen MR) is 111 cm³/mol. The van der Waals surface area contributed by atoms with E-state index in [1.807, 2.05) is 19.9 Å². The molecule has 4 aromatic rings. The van der Waals surface area contributed by atoms with E-state index in [0.717, 1.165) is 11.4 Å². The third-order valence-corrected chi connectivity index (χ3v) is 4.54. The summed E-state index contributed by atoms with van der Waals surface area (Å²) in [6, 6.07) is 13.7. The topological polar surface area (TPSA) is 81.4 Å². The molecule has 0 atom stereocenters. The first kappa shape index (κ1) is 19.2. The third kappa shape index (κ3) is 4.16. The summed E-state index contributed by atoms with van der Waals surface area (Å²) in [6.45, 7) is 3.72. The van der Waals surface area contributed by atoms with Crippen LogP contribution in [-0.2, 0) is 0 Å². The third-order valence-electron chi connectivity index (χ3n) is 4.05. The Kier molecular flexibility index (Phi) is 5.08. The molecule has 7 nitrogen and oxygen atoms in total. The van der Waals surface area contributed by atoms with Gasteiger partial charge in [-0.2, -0.15) is 4.98 Å². The number of halogens is 2. The Bertz CT molecular complexity index is 1220. The van der Waals surface area contributed by atoms with Crippen LogP contribution in [0.1, 0.15) is 22.0 Å². The summed E-state index contributed by atoms with van der Waals surface area (Å²) >= 11 is 12.0. The number of anilines is 1. The molecule has 0 bridgehead atoms. The average Bonchev–Trinajstić information content (AvgIpc) is 3.10. The van der Waals surface area contributed by atoms with Crippen LogP contribution in [0.2, 0.25) is 10.0 Å². The Morgan fingerprint density at radius 3 is 2.48 bits per heavy atom. The summed E-state index contributed by atoms with van der Waals surface area (Å²) in [5, 5.41) is 8.03. The Labute approximate surface area is 176 Å². The van der Waals surface area contributed by atoms with Crippen LogP contribution in [0.25, 0.3) is 5.78 Å². The largest absolute Gasteiger partial charge is 0.455 e. The first-order valence-corrected chi connectivity index (χ1v) is 9.40. The lowest BCUT2D eigenvalue weighted by molar-refractivity contribution is 0.101. The number of carbonyl (C=O) groups excluding carboxylic acids is 1. The van der Waals surface area contributed by atoms with E-state index >= 15 is 0 Å². The molecule has 0 saturated heterocycles. The quantitative estimate of drug-likeness (QED) is 0.490. The molecule has 9 heteroatoms. The van der Waals surface area contributed by atoms with Crippen LogP contribution in [0.15, 0.2) is 48.5 Å². The van der Waals surface area contributed by atoms with Crippen molar-refractivity contribution in [1.82, 2.24) is 19.6 Å². The average molecular weight is 428 g/mol. The molecule has 0 radical (unpaired) electrons. The second-order valence-electron chi connectivity index (χ2n) is 6.34. The van der Waals surface area contributed by atoms with Gasteiger partial charge in [0.15, 0.2) is 5.75 Å². The minimum Gasteiger partial charge on any atom is -0.455 e. The van der Waals surface area contributed by atoms with Crippen molar-refractivity contribution in [3.05, 3.63) is 75.8 Å². The SMILES string of the molecule is Cc1cc(C)n2nc(C(=O)Nc3cc(Cl)ccc3Oc3ccc(Cl)cc3)nc2n1. The maximum absolute atomic E-state index is 12.7. The normalized spacial score (nSPS) is 10.9. The van der Waals surface area contributed by atoms with Gasteiger partial charge in [-0.3, -0.25) is 4.79 Å². The van der Waals surface area contributed by atoms with Crippen molar-refractivity contribution >= 4 is 40.6 Å². The zero-order valence-corrected chi connectivity index (χ0v) is 17.0. The Morgan fingerprint density at radius 2 is 1.72 bits per heavy atom. The van der Waals surface area contributed by atoms with E-state index in [1.54, 1.807) is 42.5 Å². The second kappa shape index (κ2) is 7.69. The van der Waals surface area contributed by atoms with Crippen molar-refractivity contribution in [3.63, 3.8) is 0 Å². The van der Waals surface area contributed by atoms with Gasteiger partial charge in [0.2, 0.25) is 5.82 Å². The monoisotopic (exact) mass is 427 g/mol. The number of hydrogen-bond donors (Lipinski definition) is 1. The summed E-state index contributed by atoms with van der Waals surface area (Å²) in [5.41, 5.74) is 2.01. The second-order valence-corrected chi connectivity index (χ2v) is 7.21. The fraction of sp³-hybridized carbons (Fsp3) is 0.100. The molecule has 0 spiro atoms. The number of rotatable bonds is 4. The summed E-state index contributed by atoms with van der Waals surface area (Å²) in [7, 11) is 0. The van der Waals surface area contributed by atoms with Crippen LogP contribution in [0.3, 0.4) is 0 Å². The fourth-order valence-corrected chi connectivity index (χ4v) is 3.06. The molecule has 2 heterocycles. The van der Waals surface area contributed by atoms with Gasteiger partial charge in [0.1, 0.15) is 5.75 Å². The molecule has 29 heavy (non-hydrogen) atoms. The number of benzene rings is 2. The number of amides is 1. The van der Waals surface area contributed by atoms with Crippen molar-refractivity contribution < 1.29 is 9.53 Å². The molecule has 0 unspecified atom stereocenters. The smallest absolute Gasteiger partial charge is 0.295 e. The highest BCUT2D eigenvalue weighted by Gasteiger charge is 2.17. The van der Waals surface area contributed by atoms with Gasteiger partial charge in [0.05, 0.1) is 5.69 Å². The van der Waals surface area contributed by atoms with Gasteiger partial charge in [-0.15, -0.1) is 5.10 Å². The van der Waals surface area contributed by atoms with Gasteiger partial charge in [0.25, 0.3) is 11.7 Å². The maximum Gasteiger partial charge on any atom is 0.295 e. The van der Waals surface area contributed by atoms with Crippen LogP contribution in [0.4, 0.5) is 5.69 Å². The van der Waals surface area contributed by atoms with E-state index < -0.39 is 5.91 Å². The van der Waals surface area contributed by atoms with Crippen LogP contribution < -0.4 is 10.1 Å². The minimum absolute atomic E-state index is 0.0105. The van der Waals surface area contributed by atoms with Crippen LogP contribution in [0.5, 0.6) is 11.5 Å². The molecule has 0 aliphatic rings. The van der Waals surface area contributed by atoms with Crippen molar-refractivity contribution in [3.8, 4) is 11.5 Å². The van der Waals surface area contributed by atoms with Gasteiger partial charge in [0, 0.05) is 21.4 Å². The number of ether oxygens (including phenoxy) is 1. The molecule has 0 aliphatic heterocycles. The lowest BCUT2D eigenvalue weighted by Crippen LogP contribution is -2.14. The number of hydrogen-bond acceptors (Lipinski definition) is 5. The molecule has 0 fully saturated rings. The van der Waals surface area contributed by atoms with E-state index in [9.17, 15) is 4.79 Å². The molecule has 0 saturated carbocycles. The van der Waals surface area contributed by atoms with Gasteiger partial charge in [-0.25, -0.2) is 9.50 Å². The molecular weight excluding hydrogens is 413 g/mol. The van der Waals surface area contributed by atoms with Crippen molar-refractivity contribution in [2.24, 2.45) is 0 Å². The molecule has 2 aromatic carbocycles. The molecule has 146 valence electrons. The lowest BCUT2D eigenvalue weighted by Gasteiger charge is -2.12. The number of fused-ring (bicyclic) bond motifs is 1. The Hall–Kier alpha value is -3.16. The molecular formula is C20H15Cl2N5O2. The first-order valence-electron chi connectivity index (χ1n) is 8.64. The highest BCUT2D eigenvalue weighted by atomic mass is 35.5. The standard InChI is InChI=1S/C20H15Cl2N5O2/c1-11-9-12(2)27-20(23-11)25-18(26-27)19(28)24-16-10-14(22)5-8-17(16)29-15-6-3-13(21)4-7-15/h3-10H,1-2H3,(H,24,28). The maximum atomic E-state index is 12.7.